The average molecular weight is 394 g/mol. The highest BCUT2D eigenvalue weighted by Crippen LogP contribution is 2.21. The minimum atomic E-state index is -3.49. The van der Waals surface area contributed by atoms with Crippen molar-refractivity contribution in [3.8, 4) is 5.75 Å². The van der Waals surface area contributed by atoms with Crippen LogP contribution in [0.5, 0.6) is 5.75 Å². The van der Waals surface area contributed by atoms with E-state index in [1.54, 1.807) is 24.3 Å². The van der Waals surface area contributed by atoms with Crippen molar-refractivity contribution in [1.29, 1.82) is 0 Å². The van der Waals surface area contributed by atoms with Crippen LogP contribution in [-0.2, 0) is 10.0 Å². The first-order valence-electron chi connectivity index (χ1n) is 8.48. The predicted molar refractivity (Wildman–Crippen MR) is 100 cm³/mol. The van der Waals surface area contributed by atoms with Crippen molar-refractivity contribution in [3.05, 3.63) is 59.1 Å². The molecule has 0 aliphatic carbocycles. The molecule has 2 aromatic carbocycles. The molecule has 0 unspecified atom stereocenters. The van der Waals surface area contributed by atoms with Crippen molar-refractivity contribution in [2.45, 2.75) is 24.2 Å². The first-order chi connectivity index (χ1) is 12.5. The first-order valence-corrected chi connectivity index (χ1v) is 10.3. The number of halogens is 1. The van der Waals surface area contributed by atoms with Gasteiger partial charge in [0.2, 0.25) is 10.0 Å². The van der Waals surface area contributed by atoms with Crippen molar-refractivity contribution in [1.82, 2.24) is 4.31 Å². The molecule has 1 saturated heterocycles. The lowest BCUT2D eigenvalue weighted by atomic mass is 10.1. The van der Waals surface area contributed by atoms with E-state index in [1.807, 2.05) is 0 Å². The molecular weight excluding hydrogens is 374 g/mol. The van der Waals surface area contributed by atoms with E-state index in [4.69, 9.17) is 16.3 Å². The maximum Gasteiger partial charge on any atom is 0.243 e. The van der Waals surface area contributed by atoms with Gasteiger partial charge in [0.25, 0.3) is 0 Å². The fourth-order valence-electron chi connectivity index (χ4n) is 2.86. The van der Waals surface area contributed by atoms with E-state index < -0.39 is 10.0 Å². The molecule has 3 rings (SSSR count). The summed E-state index contributed by atoms with van der Waals surface area (Å²) < 4.78 is 32.2. The van der Waals surface area contributed by atoms with Crippen LogP contribution < -0.4 is 4.74 Å². The van der Waals surface area contributed by atoms with E-state index in [9.17, 15) is 13.2 Å². The highest BCUT2D eigenvalue weighted by molar-refractivity contribution is 7.89. The molecule has 1 heterocycles. The van der Waals surface area contributed by atoms with Crippen molar-refractivity contribution < 1.29 is 17.9 Å². The first kappa shape index (κ1) is 18.9. The second-order valence-electron chi connectivity index (χ2n) is 6.16. The number of ether oxygens (including phenoxy) is 1. The van der Waals surface area contributed by atoms with Crippen LogP contribution in [0.3, 0.4) is 0 Å². The van der Waals surface area contributed by atoms with Gasteiger partial charge in [0.1, 0.15) is 5.75 Å². The van der Waals surface area contributed by atoms with E-state index in [1.165, 1.54) is 28.6 Å². The Labute approximate surface area is 158 Å². The Morgan fingerprint density at radius 3 is 2.38 bits per heavy atom. The minimum Gasteiger partial charge on any atom is -0.485 e. The predicted octanol–water partition coefficient (Wildman–Crippen LogP) is 3.78. The van der Waals surface area contributed by atoms with E-state index in [-0.39, 0.29) is 17.3 Å². The average Bonchev–Trinajstić information content (AvgIpc) is 2.67. The molecule has 138 valence electrons. The molecule has 0 aromatic heterocycles. The molecular formula is C19H20ClNO4S. The number of hydrogen-bond acceptors (Lipinski definition) is 4. The number of carbonyl (C=O) groups excluding carboxylic acids is 1. The van der Waals surface area contributed by atoms with Gasteiger partial charge in [0.15, 0.2) is 12.4 Å². The highest BCUT2D eigenvalue weighted by Gasteiger charge is 2.25. The number of carbonyl (C=O) groups is 1. The van der Waals surface area contributed by atoms with Crippen molar-refractivity contribution >= 4 is 27.4 Å². The molecule has 1 aliphatic heterocycles. The summed E-state index contributed by atoms with van der Waals surface area (Å²) in [5.41, 5.74) is 0.407. The van der Waals surface area contributed by atoms with Gasteiger partial charge in [-0.1, -0.05) is 24.1 Å². The van der Waals surface area contributed by atoms with E-state index >= 15 is 0 Å². The van der Waals surface area contributed by atoms with Gasteiger partial charge in [-0.25, -0.2) is 8.42 Å². The normalized spacial score (nSPS) is 15.6. The molecule has 2 aromatic rings. The molecule has 1 aliphatic rings. The maximum absolute atomic E-state index is 12.6. The van der Waals surface area contributed by atoms with Crippen molar-refractivity contribution in [2.75, 3.05) is 19.7 Å². The molecule has 0 atom stereocenters. The third-order valence-electron chi connectivity index (χ3n) is 4.30. The molecule has 0 bridgehead atoms. The smallest absolute Gasteiger partial charge is 0.243 e. The van der Waals surface area contributed by atoms with E-state index in [0.29, 0.717) is 29.4 Å². The van der Waals surface area contributed by atoms with Gasteiger partial charge in [-0.05, 0) is 55.3 Å². The van der Waals surface area contributed by atoms with Crippen LogP contribution in [-0.4, -0.2) is 38.2 Å². The number of nitrogens with zero attached hydrogens (tertiary/aromatic N) is 1. The highest BCUT2D eigenvalue weighted by atomic mass is 35.5. The Bertz CT molecular complexity index is 875. The quantitative estimate of drug-likeness (QED) is 0.700. The number of Topliss-reactive ketones (excluding diaryl/α,β-unsaturated/α-hetero) is 1. The molecule has 0 amide bonds. The summed E-state index contributed by atoms with van der Waals surface area (Å²) in [5, 5.41) is 0.530. The van der Waals surface area contributed by atoms with Crippen LogP contribution in [0.15, 0.2) is 53.4 Å². The number of hydrogen-bond donors (Lipinski definition) is 0. The molecule has 1 fully saturated rings. The third-order valence-corrected chi connectivity index (χ3v) is 6.44. The zero-order valence-electron chi connectivity index (χ0n) is 14.2. The molecule has 0 radical (unpaired) electrons. The second kappa shape index (κ2) is 8.20. The van der Waals surface area contributed by atoms with E-state index in [0.717, 1.165) is 19.3 Å². The summed E-state index contributed by atoms with van der Waals surface area (Å²) in [6.07, 6.45) is 2.83. The van der Waals surface area contributed by atoms with Crippen LogP contribution in [0.4, 0.5) is 0 Å². The Balaban J connectivity index is 1.65. The Kier molecular flexibility index (Phi) is 5.96. The van der Waals surface area contributed by atoms with Crippen LogP contribution in [0.2, 0.25) is 5.02 Å². The molecule has 5 nitrogen and oxygen atoms in total. The number of ketones is 1. The summed E-state index contributed by atoms with van der Waals surface area (Å²) in [6.45, 7) is 0.964. The SMILES string of the molecule is O=C(COc1cccc(Cl)c1)c1ccc(S(=O)(=O)N2CCCCC2)cc1. The number of rotatable bonds is 6. The maximum atomic E-state index is 12.6. The topological polar surface area (TPSA) is 63.7 Å². The summed E-state index contributed by atoms with van der Waals surface area (Å²) in [4.78, 5) is 12.5. The van der Waals surface area contributed by atoms with Crippen LogP contribution in [0.25, 0.3) is 0 Å². The standard InChI is InChI=1S/C19H20ClNO4S/c20-16-5-4-6-17(13-16)25-14-19(22)15-7-9-18(10-8-15)26(23,24)21-11-2-1-3-12-21/h4-10,13H,1-3,11-12,14H2. The summed E-state index contributed by atoms with van der Waals surface area (Å²) >= 11 is 5.88. The van der Waals surface area contributed by atoms with E-state index in [2.05, 4.69) is 0 Å². The van der Waals surface area contributed by atoms with Crippen LogP contribution >= 0.6 is 11.6 Å². The number of piperidine rings is 1. The summed E-state index contributed by atoms with van der Waals surface area (Å²) in [7, 11) is -3.49. The van der Waals surface area contributed by atoms with Crippen LogP contribution in [0, 0.1) is 0 Å². The lowest BCUT2D eigenvalue weighted by Gasteiger charge is -2.25. The summed E-state index contributed by atoms with van der Waals surface area (Å²) in [5.74, 6) is 0.280. The van der Waals surface area contributed by atoms with Gasteiger partial charge in [0.05, 0.1) is 4.90 Å². The van der Waals surface area contributed by atoms with Crippen molar-refractivity contribution in [2.24, 2.45) is 0 Å². The number of benzene rings is 2. The zero-order valence-corrected chi connectivity index (χ0v) is 15.8. The van der Waals surface area contributed by atoms with Crippen molar-refractivity contribution in [3.63, 3.8) is 0 Å². The molecule has 0 N–H and O–H groups in total. The monoisotopic (exact) mass is 393 g/mol. The fraction of sp³-hybridized carbons (Fsp3) is 0.316. The van der Waals surface area contributed by atoms with Crippen LogP contribution in [0.1, 0.15) is 29.6 Å². The van der Waals surface area contributed by atoms with Gasteiger partial charge in [0, 0.05) is 23.7 Å². The lowest BCUT2D eigenvalue weighted by molar-refractivity contribution is 0.0921. The Morgan fingerprint density at radius 1 is 1.04 bits per heavy atom. The molecule has 26 heavy (non-hydrogen) atoms. The zero-order chi connectivity index (χ0) is 18.6. The lowest BCUT2D eigenvalue weighted by Crippen LogP contribution is -2.35. The minimum absolute atomic E-state index is 0.140. The van der Waals surface area contributed by atoms with Gasteiger partial charge in [-0.2, -0.15) is 4.31 Å². The molecule has 0 spiro atoms. The number of sulfonamides is 1. The van der Waals surface area contributed by atoms with Gasteiger partial charge < -0.3 is 4.74 Å². The Morgan fingerprint density at radius 2 is 1.73 bits per heavy atom. The largest absolute Gasteiger partial charge is 0.485 e. The van der Waals surface area contributed by atoms with Gasteiger partial charge in [-0.3, -0.25) is 4.79 Å². The molecule has 0 saturated carbocycles. The van der Waals surface area contributed by atoms with Gasteiger partial charge >= 0.3 is 0 Å². The molecule has 7 heteroatoms. The third kappa shape index (κ3) is 4.44. The Hall–Kier alpha value is -1.89. The fourth-order valence-corrected chi connectivity index (χ4v) is 4.55. The second-order valence-corrected chi connectivity index (χ2v) is 8.53. The van der Waals surface area contributed by atoms with Gasteiger partial charge in [-0.15, -0.1) is 0 Å². The summed E-state index contributed by atoms with van der Waals surface area (Å²) in [6, 6.07) is 12.8.